The van der Waals surface area contributed by atoms with Gasteiger partial charge in [-0.3, -0.25) is 19.3 Å². The van der Waals surface area contributed by atoms with E-state index in [1.54, 1.807) is 12.1 Å². The summed E-state index contributed by atoms with van der Waals surface area (Å²) in [5, 5.41) is 0. The molecule has 0 spiro atoms. The molecule has 0 radical (unpaired) electrons. The third-order valence-corrected chi connectivity index (χ3v) is 7.71. The van der Waals surface area contributed by atoms with Crippen molar-refractivity contribution in [2.24, 2.45) is 23.7 Å². The zero-order valence-corrected chi connectivity index (χ0v) is 20.1. The molecule has 8 nitrogen and oxygen atoms in total. The number of ketones is 1. The maximum Gasteiger partial charge on any atom is 0.343 e. The average Bonchev–Trinajstić information content (AvgIpc) is 3.56. The van der Waals surface area contributed by atoms with E-state index in [-0.39, 0.29) is 46.8 Å². The minimum absolute atomic E-state index is 0.227. The number of benzene rings is 2. The molecule has 0 N–H and O–H groups in total. The number of rotatable bonds is 7. The molecule has 1 heterocycles. The monoisotopic (exact) mass is 489 g/mol. The average molecular weight is 490 g/mol. The number of fused-ring (bicyclic) bond motifs is 5. The van der Waals surface area contributed by atoms with E-state index >= 15 is 0 Å². The Morgan fingerprint density at radius 3 is 2.03 bits per heavy atom. The number of carbonyl (C=O) groups is 5. The lowest BCUT2D eigenvalue weighted by Crippen LogP contribution is -2.45. The molecule has 2 aromatic carbocycles. The van der Waals surface area contributed by atoms with E-state index in [9.17, 15) is 24.0 Å². The van der Waals surface area contributed by atoms with E-state index in [4.69, 9.17) is 9.47 Å². The minimum Gasteiger partial charge on any atom is -0.456 e. The third-order valence-electron chi connectivity index (χ3n) is 7.71. The van der Waals surface area contributed by atoms with Crippen LogP contribution in [-0.2, 0) is 19.1 Å². The van der Waals surface area contributed by atoms with Crippen LogP contribution >= 0.6 is 0 Å². The van der Waals surface area contributed by atoms with Gasteiger partial charge in [-0.05, 0) is 81.3 Å². The summed E-state index contributed by atoms with van der Waals surface area (Å²) < 4.78 is 10.5. The number of Topliss-reactive ketones (excluding diaryl/α,β-unsaturated/α-hetero) is 1. The first-order chi connectivity index (χ1) is 17.2. The van der Waals surface area contributed by atoms with E-state index < -0.39 is 30.4 Å². The Hall–Kier alpha value is -3.81. The third kappa shape index (κ3) is 4.21. The van der Waals surface area contributed by atoms with Crippen molar-refractivity contribution in [3.05, 3.63) is 65.2 Å². The molecule has 2 amide bonds. The second-order valence-electron chi connectivity index (χ2n) is 9.92. The van der Waals surface area contributed by atoms with Crippen LogP contribution in [-0.4, -0.2) is 47.1 Å². The molecule has 2 aromatic rings. The molecule has 1 aliphatic heterocycles. The Bertz CT molecular complexity index is 1210. The zero-order valence-electron chi connectivity index (χ0n) is 20.1. The molecule has 5 atom stereocenters. The van der Waals surface area contributed by atoms with Crippen LogP contribution in [0.4, 0.5) is 0 Å². The quantitative estimate of drug-likeness (QED) is 0.254. The van der Waals surface area contributed by atoms with Crippen LogP contribution in [0.3, 0.4) is 0 Å². The second-order valence-corrected chi connectivity index (χ2v) is 9.92. The van der Waals surface area contributed by atoms with Crippen LogP contribution < -0.4 is 4.74 Å². The van der Waals surface area contributed by atoms with Gasteiger partial charge in [0.15, 0.2) is 12.4 Å². The van der Waals surface area contributed by atoms with Crippen LogP contribution in [0.2, 0.25) is 0 Å². The van der Waals surface area contributed by atoms with Gasteiger partial charge in [0, 0.05) is 5.56 Å². The van der Waals surface area contributed by atoms with Crippen molar-refractivity contribution in [3.63, 3.8) is 0 Å². The number of nitrogens with zero attached hydrogens (tertiary/aromatic N) is 1. The van der Waals surface area contributed by atoms with E-state index in [0.717, 1.165) is 29.7 Å². The summed E-state index contributed by atoms with van der Waals surface area (Å²) in [5.74, 6) is -2.24. The van der Waals surface area contributed by atoms with E-state index in [2.05, 4.69) is 0 Å². The molecule has 2 saturated carbocycles. The lowest BCUT2D eigenvalue weighted by molar-refractivity contribution is -0.157. The van der Waals surface area contributed by atoms with Crippen LogP contribution in [0.25, 0.3) is 0 Å². The Kier molecular flexibility index (Phi) is 6.20. The summed E-state index contributed by atoms with van der Waals surface area (Å²) in [4.78, 5) is 64.2. The van der Waals surface area contributed by atoms with Gasteiger partial charge in [0.1, 0.15) is 11.8 Å². The highest BCUT2D eigenvalue weighted by molar-refractivity contribution is 6.08. The fourth-order valence-corrected chi connectivity index (χ4v) is 5.82. The van der Waals surface area contributed by atoms with Crippen molar-refractivity contribution < 1.29 is 33.4 Å². The first-order valence-electron chi connectivity index (χ1n) is 12.2. The van der Waals surface area contributed by atoms with Crippen molar-refractivity contribution in [2.75, 3.05) is 6.61 Å². The molecule has 186 valence electrons. The first kappa shape index (κ1) is 23.9. The highest BCUT2D eigenvalue weighted by atomic mass is 16.5. The molecular weight excluding hydrogens is 462 g/mol. The highest BCUT2D eigenvalue weighted by Gasteiger charge is 2.62. The van der Waals surface area contributed by atoms with Crippen molar-refractivity contribution >= 4 is 29.5 Å². The van der Waals surface area contributed by atoms with E-state index in [0.29, 0.717) is 5.56 Å². The van der Waals surface area contributed by atoms with Crippen LogP contribution in [0.1, 0.15) is 52.5 Å². The van der Waals surface area contributed by atoms with Gasteiger partial charge in [-0.1, -0.05) is 17.7 Å². The number of esters is 2. The summed E-state index contributed by atoms with van der Waals surface area (Å²) >= 11 is 0. The predicted molar refractivity (Wildman–Crippen MR) is 127 cm³/mol. The second kappa shape index (κ2) is 9.33. The van der Waals surface area contributed by atoms with Crippen molar-refractivity contribution in [3.8, 4) is 5.75 Å². The molecular formula is C28H27NO7. The molecule has 36 heavy (non-hydrogen) atoms. The van der Waals surface area contributed by atoms with Crippen molar-refractivity contribution in [1.29, 1.82) is 0 Å². The molecule has 0 aromatic heterocycles. The molecule has 3 fully saturated rings. The van der Waals surface area contributed by atoms with E-state index in [1.165, 1.54) is 31.2 Å². The molecule has 3 aliphatic rings. The van der Waals surface area contributed by atoms with E-state index in [1.807, 2.05) is 19.1 Å². The number of hydrogen-bond donors (Lipinski definition) is 0. The van der Waals surface area contributed by atoms with Crippen LogP contribution in [0.5, 0.6) is 5.75 Å². The smallest absolute Gasteiger partial charge is 0.343 e. The Labute approximate surface area is 208 Å². The van der Waals surface area contributed by atoms with Crippen molar-refractivity contribution in [1.82, 2.24) is 4.90 Å². The summed E-state index contributed by atoms with van der Waals surface area (Å²) in [6.45, 7) is 2.85. The predicted octanol–water partition coefficient (Wildman–Crippen LogP) is 3.36. The van der Waals surface area contributed by atoms with Crippen LogP contribution in [0.15, 0.2) is 48.5 Å². The Morgan fingerprint density at radius 2 is 1.44 bits per heavy atom. The summed E-state index contributed by atoms with van der Waals surface area (Å²) in [6.07, 6.45) is 2.82. The van der Waals surface area contributed by atoms with Gasteiger partial charge in [-0.25, -0.2) is 9.59 Å². The Morgan fingerprint density at radius 1 is 0.889 bits per heavy atom. The number of likely N-dealkylation sites (tertiary alicyclic amines) is 1. The topological polar surface area (TPSA) is 107 Å². The van der Waals surface area contributed by atoms with Gasteiger partial charge in [-0.2, -0.15) is 0 Å². The van der Waals surface area contributed by atoms with Gasteiger partial charge in [-0.15, -0.1) is 0 Å². The molecule has 5 rings (SSSR count). The van der Waals surface area contributed by atoms with Crippen LogP contribution in [0, 0.1) is 30.6 Å². The van der Waals surface area contributed by atoms with Gasteiger partial charge < -0.3 is 9.47 Å². The van der Waals surface area contributed by atoms with Crippen molar-refractivity contribution in [2.45, 2.75) is 39.2 Å². The summed E-state index contributed by atoms with van der Waals surface area (Å²) in [6, 6.07) is 11.8. The molecule has 8 heteroatoms. The summed E-state index contributed by atoms with van der Waals surface area (Å²) in [7, 11) is 0. The fraction of sp³-hybridized carbons (Fsp3) is 0.393. The first-order valence-corrected chi connectivity index (χ1v) is 12.2. The minimum atomic E-state index is -1.08. The number of hydrogen-bond acceptors (Lipinski definition) is 7. The maximum absolute atomic E-state index is 12.9. The summed E-state index contributed by atoms with van der Waals surface area (Å²) in [5.41, 5.74) is 1.70. The van der Waals surface area contributed by atoms with Gasteiger partial charge in [0.25, 0.3) is 0 Å². The zero-order chi connectivity index (χ0) is 25.6. The molecule has 2 aliphatic carbocycles. The Balaban J connectivity index is 1.15. The van der Waals surface area contributed by atoms with Gasteiger partial charge in [0.05, 0.1) is 17.4 Å². The standard InChI is InChI=1S/C28H27NO7/c1-15-3-5-18(6-4-15)28(34)36-21-11-9-17(10-12-21)22(30)14-35-27(33)16(2)29-25(31)23-19-7-8-20(13-19)24(23)26(29)32/h3-6,9-12,16,19-20,23-24H,7-8,13-14H2,1-2H3. The fourth-order valence-electron chi connectivity index (χ4n) is 5.82. The molecule has 5 unspecified atom stereocenters. The normalized spacial score (nSPS) is 25.0. The lowest BCUT2D eigenvalue weighted by atomic mass is 9.81. The highest BCUT2D eigenvalue weighted by Crippen LogP contribution is 2.56. The molecule has 1 saturated heterocycles. The number of amides is 2. The molecule has 2 bridgehead atoms. The lowest BCUT2D eigenvalue weighted by Gasteiger charge is -2.22. The number of imide groups is 1. The van der Waals surface area contributed by atoms with Gasteiger partial charge >= 0.3 is 11.9 Å². The number of ether oxygens (including phenoxy) is 2. The SMILES string of the molecule is Cc1ccc(C(=O)Oc2ccc(C(=O)COC(=O)C(C)N3C(=O)C4C5CCC(C5)C4C3=O)cc2)cc1. The number of aryl methyl sites for hydroxylation is 1. The number of carbonyl (C=O) groups excluding carboxylic acids is 5. The largest absolute Gasteiger partial charge is 0.456 e. The maximum atomic E-state index is 12.9. The van der Waals surface area contributed by atoms with Gasteiger partial charge in [0.2, 0.25) is 11.8 Å².